The number of rotatable bonds is 2. The van der Waals surface area contributed by atoms with Crippen LogP contribution in [0.2, 0.25) is 0 Å². The van der Waals surface area contributed by atoms with Gasteiger partial charge in [-0.2, -0.15) is 0 Å². The number of hydrogen-bond donors (Lipinski definition) is 1. The van der Waals surface area contributed by atoms with E-state index in [1.807, 2.05) is 0 Å². The van der Waals surface area contributed by atoms with Gasteiger partial charge in [0.1, 0.15) is 0 Å². The maximum atomic E-state index is 11.3. The van der Waals surface area contributed by atoms with E-state index < -0.39 is 0 Å². The first kappa shape index (κ1) is 9.21. The van der Waals surface area contributed by atoms with Crippen LogP contribution in [0.25, 0.3) is 0 Å². The number of nitrogens with zero attached hydrogens (tertiary/aromatic N) is 1. The molecule has 0 aromatic carbocycles. The van der Waals surface area contributed by atoms with Gasteiger partial charge in [-0.3, -0.25) is 9.36 Å². The fourth-order valence-electron chi connectivity index (χ4n) is 1.61. The Labute approximate surface area is 80.3 Å². The second-order valence-electron chi connectivity index (χ2n) is 3.46. The minimum atomic E-state index is -0.343. The first-order chi connectivity index (χ1) is 6.77. The molecule has 76 valence electrons. The molecule has 2 heterocycles. The Morgan fingerprint density at radius 2 is 2.43 bits per heavy atom. The molecule has 0 aliphatic carbocycles. The van der Waals surface area contributed by atoms with Gasteiger partial charge in [0.25, 0.3) is 5.56 Å². The highest BCUT2D eigenvalue weighted by molar-refractivity contribution is 4.83. The van der Waals surface area contributed by atoms with E-state index in [1.54, 1.807) is 0 Å². The van der Waals surface area contributed by atoms with E-state index in [1.165, 1.54) is 16.8 Å². The lowest BCUT2D eigenvalue weighted by Gasteiger charge is -2.07. The van der Waals surface area contributed by atoms with Crippen LogP contribution in [0.5, 0.6) is 0 Å². The standard InChI is InChI=1S/C9H12N2O3/c12-8-1-3-10-9(13)11(8)5-7-2-4-14-6-7/h1,3,7H,2,4-6H2,(H,10,13). The molecule has 0 bridgehead atoms. The van der Waals surface area contributed by atoms with Crippen LogP contribution in [0.1, 0.15) is 6.42 Å². The first-order valence-electron chi connectivity index (χ1n) is 4.63. The molecule has 0 radical (unpaired) electrons. The van der Waals surface area contributed by atoms with Gasteiger partial charge < -0.3 is 9.72 Å². The van der Waals surface area contributed by atoms with Crippen molar-refractivity contribution in [3.8, 4) is 0 Å². The summed E-state index contributed by atoms with van der Waals surface area (Å²) in [5.74, 6) is 0.288. The van der Waals surface area contributed by atoms with Crippen molar-refractivity contribution in [3.05, 3.63) is 33.1 Å². The molecule has 1 aromatic rings. The van der Waals surface area contributed by atoms with Gasteiger partial charge in [-0.1, -0.05) is 0 Å². The molecule has 1 N–H and O–H groups in total. The van der Waals surface area contributed by atoms with Crippen molar-refractivity contribution in [1.29, 1.82) is 0 Å². The van der Waals surface area contributed by atoms with Gasteiger partial charge in [0.2, 0.25) is 0 Å². The zero-order chi connectivity index (χ0) is 9.97. The van der Waals surface area contributed by atoms with Crippen LogP contribution in [0, 0.1) is 5.92 Å². The fraction of sp³-hybridized carbons (Fsp3) is 0.556. The van der Waals surface area contributed by atoms with Crippen LogP contribution in [0.15, 0.2) is 21.9 Å². The Morgan fingerprint density at radius 1 is 1.57 bits per heavy atom. The van der Waals surface area contributed by atoms with Crippen molar-refractivity contribution in [1.82, 2.24) is 9.55 Å². The van der Waals surface area contributed by atoms with E-state index in [0.29, 0.717) is 13.2 Å². The fourth-order valence-corrected chi connectivity index (χ4v) is 1.61. The van der Waals surface area contributed by atoms with Gasteiger partial charge in [0, 0.05) is 31.3 Å². The smallest absolute Gasteiger partial charge is 0.328 e. The third-order valence-electron chi connectivity index (χ3n) is 2.41. The van der Waals surface area contributed by atoms with Gasteiger partial charge in [-0.05, 0) is 6.42 Å². The summed E-state index contributed by atoms with van der Waals surface area (Å²) < 4.78 is 6.40. The number of aromatic nitrogens is 2. The van der Waals surface area contributed by atoms with E-state index in [0.717, 1.165) is 13.0 Å². The number of nitrogens with one attached hydrogen (secondary N) is 1. The lowest BCUT2D eigenvalue weighted by Crippen LogP contribution is -2.36. The maximum absolute atomic E-state index is 11.3. The monoisotopic (exact) mass is 196 g/mol. The van der Waals surface area contributed by atoms with Crippen LogP contribution >= 0.6 is 0 Å². The summed E-state index contributed by atoms with van der Waals surface area (Å²) in [7, 11) is 0. The summed E-state index contributed by atoms with van der Waals surface area (Å²) in [6, 6.07) is 1.36. The summed E-state index contributed by atoms with van der Waals surface area (Å²) in [4.78, 5) is 25.1. The van der Waals surface area contributed by atoms with Crippen molar-refractivity contribution >= 4 is 0 Å². The third kappa shape index (κ3) is 1.77. The van der Waals surface area contributed by atoms with E-state index in [-0.39, 0.29) is 17.2 Å². The highest BCUT2D eigenvalue weighted by Gasteiger charge is 2.17. The molecule has 0 amide bonds. The Balaban J connectivity index is 2.23. The largest absolute Gasteiger partial charge is 0.381 e. The zero-order valence-electron chi connectivity index (χ0n) is 7.73. The molecule has 0 spiro atoms. The molecule has 5 heteroatoms. The molecule has 1 aliphatic rings. The second kappa shape index (κ2) is 3.79. The lowest BCUT2D eigenvalue weighted by atomic mass is 10.1. The zero-order valence-corrected chi connectivity index (χ0v) is 7.73. The predicted molar refractivity (Wildman–Crippen MR) is 50.2 cm³/mol. The van der Waals surface area contributed by atoms with Crippen LogP contribution in [-0.2, 0) is 11.3 Å². The molecule has 14 heavy (non-hydrogen) atoms. The Morgan fingerprint density at radius 3 is 3.07 bits per heavy atom. The van der Waals surface area contributed by atoms with E-state index >= 15 is 0 Å². The van der Waals surface area contributed by atoms with Crippen molar-refractivity contribution in [3.63, 3.8) is 0 Å². The molecule has 1 saturated heterocycles. The average molecular weight is 196 g/mol. The van der Waals surface area contributed by atoms with Gasteiger partial charge in [0.05, 0.1) is 6.61 Å². The van der Waals surface area contributed by atoms with Crippen molar-refractivity contribution in [2.24, 2.45) is 5.92 Å². The molecule has 1 aromatic heterocycles. The third-order valence-corrected chi connectivity index (χ3v) is 2.41. The SMILES string of the molecule is O=c1cc[nH]c(=O)n1CC1CCOC1. The predicted octanol–water partition coefficient (Wildman–Crippen LogP) is -0.427. The molecule has 1 atom stereocenters. The summed E-state index contributed by atoms with van der Waals surface area (Å²) in [6.07, 6.45) is 2.28. The van der Waals surface area contributed by atoms with E-state index in [4.69, 9.17) is 4.74 Å². The minimum Gasteiger partial charge on any atom is -0.381 e. The minimum absolute atomic E-state index is 0.249. The van der Waals surface area contributed by atoms with Crippen molar-refractivity contribution in [2.45, 2.75) is 13.0 Å². The van der Waals surface area contributed by atoms with Crippen LogP contribution in [-0.4, -0.2) is 22.8 Å². The van der Waals surface area contributed by atoms with Gasteiger partial charge >= 0.3 is 5.69 Å². The molecule has 1 fully saturated rings. The van der Waals surface area contributed by atoms with Crippen LogP contribution < -0.4 is 11.2 Å². The van der Waals surface area contributed by atoms with E-state index in [2.05, 4.69) is 4.98 Å². The summed E-state index contributed by atoms with van der Waals surface area (Å²) >= 11 is 0. The van der Waals surface area contributed by atoms with Gasteiger partial charge in [-0.15, -0.1) is 0 Å². The summed E-state index contributed by atoms with van der Waals surface area (Å²) in [5, 5.41) is 0. The second-order valence-corrected chi connectivity index (χ2v) is 3.46. The molecular formula is C9H12N2O3. The highest BCUT2D eigenvalue weighted by atomic mass is 16.5. The molecule has 0 saturated carbocycles. The highest BCUT2D eigenvalue weighted by Crippen LogP contribution is 2.12. The van der Waals surface area contributed by atoms with Gasteiger partial charge in [0.15, 0.2) is 0 Å². The van der Waals surface area contributed by atoms with Gasteiger partial charge in [-0.25, -0.2) is 4.79 Å². The molecule has 1 aliphatic heterocycles. The quantitative estimate of drug-likeness (QED) is 0.698. The Kier molecular flexibility index (Phi) is 2.49. The lowest BCUT2D eigenvalue weighted by molar-refractivity contribution is 0.182. The maximum Gasteiger partial charge on any atom is 0.328 e. The number of ether oxygens (including phenoxy) is 1. The van der Waals surface area contributed by atoms with Crippen LogP contribution in [0.3, 0.4) is 0 Å². The number of hydrogen-bond acceptors (Lipinski definition) is 3. The topological polar surface area (TPSA) is 64.1 Å². The molecular weight excluding hydrogens is 184 g/mol. The number of H-pyrrole nitrogens is 1. The van der Waals surface area contributed by atoms with E-state index in [9.17, 15) is 9.59 Å². The Hall–Kier alpha value is -1.36. The average Bonchev–Trinajstić information content (AvgIpc) is 2.64. The molecule has 2 rings (SSSR count). The van der Waals surface area contributed by atoms with Crippen molar-refractivity contribution in [2.75, 3.05) is 13.2 Å². The normalized spacial score (nSPS) is 21.3. The molecule has 5 nitrogen and oxygen atoms in total. The van der Waals surface area contributed by atoms with Crippen LogP contribution in [0.4, 0.5) is 0 Å². The Bertz CT molecular complexity index is 386. The first-order valence-corrected chi connectivity index (χ1v) is 4.63. The summed E-state index contributed by atoms with van der Waals surface area (Å²) in [6.45, 7) is 1.82. The molecule has 1 unspecified atom stereocenters. The summed E-state index contributed by atoms with van der Waals surface area (Å²) in [5.41, 5.74) is -0.593. The number of aromatic amines is 1. The van der Waals surface area contributed by atoms with Crippen molar-refractivity contribution < 1.29 is 4.74 Å².